The van der Waals surface area contributed by atoms with Gasteiger partial charge in [-0.05, 0) is 35.4 Å². The number of aromatic nitrogens is 2. The van der Waals surface area contributed by atoms with Gasteiger partial charge < -0.3 is 19.9 Å². The molecule has 2 aromatic heterocycles. The van der Waals surface area contributed by atoms with Crippen LogP contribution >= 0.6 is 11.6 Å². The number of carbonyl (C=O) groups excluding carboxylic acids is 1. The van der Waals surface area contributed by atoms with Gasteiger partial charge in [0.15, 0.2) is 0 Å². The average Bonchev–Trinajstić information content (AvgIpc) is 3.01. The number of carboxylic acid groups (broad SMARTS) is 1. The van der Waals surface area contributed by atoms with E-state index in [9.17, 15) is 9.59 Å². The Morgan fingerprint density at radius 3 is 2.79 bits per heavy atom. The van der Waals surface area contributed by atoms with Crippen LogP contribution in [0.4, 0.5) is 5.82 Å². The largest absolute Gasteiger partial charge is 0.480 e. The predicted octanol–water partition coefficient (Wildman–Crippen LogP) is 3.40. The number of amides is 1. The van der Waals surface area contributed by atoms with Crippen molar-refractivity contribution in [1.82, 2.24) is 14.5 Å². The van der Waals surface area contributed by atoms with Crippen LogP contribution in [-0.4, -0.2) is 45.0 Å². The molecule has 150 valence electrons. The Kier molecular flexibility index (Phi) is 6.19. The molecule has 0 unspecified atom stereocenters. The number of benzene rings is 1. The van der Waals surface area contributed by atoms with Crippen LogP contribution in [0.2, 0.25) is 5.02 Å². The Hall–Kier alpha value is -3.32. The Labute approximate surface area is 173 Å². The first-order chi connectivity index (χ1) is 13.8. The van der Waals surface area contributed by atoms with E-state index < -0.39 is 5.97 Å². The quantitative estimate of drug-likeness (QED) is 0.581. The van der Waals surface area contributed by atoms with Gasteiger partial charge >= 0.3 is 5.97 Å². The van der Waals surface area contributed by atoms with E-state index in [0.717, 1.165) is 22.0 Å². The van der Waals surface area contributed by atoms with Crippen LogP contribution in [-0.2, 0) is 23.2 Å². The van der Waals surface area contributed by atoms with E-state index in [1.54, 1.807) is 36.4 Å². The summed E-state index contributed by atoms with van der Waals surface area (Å²) < 4.78 is 1.97. The summed E-state index contributed by atoms with van der Waals surface area (Å²) in [6, 6.07) is 9.17. The third-order valence-electron chi connectivity index (χ3n) is 4.44. The zero-order chi connectivity index (χ0) is 21.0. The normalized spacial score (nSPS) is 11.1. The van der Waals surface area contributed by atoms with E-state index >= 15 is 0 Å². The summed E-state index contributed by atoms with van der Waals surface area (Å²) in [6.45, 7) is 0.252. The van der Waals surface area contributed by atoms with E-state index in [4.69, 9.17) is 16.7 Å². The Morgan fingerprint density at radius 1 is 1.31 bits per heavy atom. The first-order valence-electron chi connectivity index (χ1n) is 8.92. The molecule has 7 nitrogen and oxygen atoms in total. The fraction of sp³-hybridized carbons (Fsp3) is 0.190. The molecule has 1 amide bonds. The summed E-state index contributed by atoms with van der Waals surface area (Å²) in [5, 5.41) is 13.0. The number of carboxylic acids is 1. The highest BCUT2D eigenvalue weighted by Gasteiger charge is 2.13. The molecule has 0 spiro atoms. The van der Waals surface area contributed by atoms with Gasteiger partial charge in [0.2, 0.25) is 5.91 Å². The molecule has 8 heteroatoms. The number of likely N-dealkylation sites (N-methyl/N-ethyl adjacent to an activating group) is 1. The van der Waals surface area contributed by atoms with Gasteiger partial charge in [0.1, 0.15) is 12.4 Å². The number of hydrogen-bond donors (Lipinski definition) is 2. The van der Waals surface area contributed by atoms with Gasteiger partial charge in [-0.3, -0.25) is 9.59 Å². The molecule has 3 aromatic rings. The van der Waals surface area contributed by atoms with Crippen LogP contribution in [0.1, 0.15) is 11.1 Å². The van der Waals surface area contributed by atoms with Gasteiger partial charge in [0.05, 0.1) is 10.5 Å². The van der Waals surface area contributed by atoms with Crippen molar-refractivity contribution < 1.29 is 14.7 Å². The minimum absolute atomic E-state index is 0.142. The van der Waals surface area contributed by atoms with Crippen LogP contribution in [0.3, 0.4) is 0 Å². The predicted molar refractivity (Wildman–Crippen MR) is 114 cm³/mol. The number of aryl methyl sites for hydroxylation is 1. The summed E-state index contributed by atoms with van der Waals surface area (Å²) in [7, 11) is 3.68. The molecule has 0 atom stereocenters. The molecular weight excluding hydrogens is 392 g/mol. The van der Waals surface area contributed by atoms with Crippen LogP contribution in [0.25, 0.3) is 17.0 Å². The number of pyridine rings is 1. The van der Waals surface area contributed by atoms with Crippen LogP contribution in [0.15, 0.2) is 48.8 Å². The Morgan fingerprint density at radius 2 is 2.10 bits per heavy atom. The van der Waals surface area contributed by atoms with Crippen LogP contribution < -0.4 is 5.32 Å². The fourth-order valence-electron chi connectivity index (χ4n) is 3.03. The molecule has 0 fully saturated rings. The van der Waals surface area contributed by atoms with Gasteiger partial charge in [0.25, 0.3) is 0 Å². The number of halogens is 1. The van der Waals surface area contributed by atoms with Crippen molar-refractivity contribution in [2.45, 2.75) is 6.54 Å². The van der Waals surface area contributed by atoms with Crippen molar-refractivity contribution in [2.24, 2.45) is 7.05 Å². The lowest BCUT2D eigenvalue weighted by molar-refractivity contribution is -0.135. The molecule has 1 aromatic carbocycles. The smallest absolute Gasteiger partial charge is 0.322 e. The lowest BCUT2D eigenvalue weighted by Crippen LogP contribution is -2.24. The number of para-hydroxylation sites is 1. The SMILES string of the molecule is CN(Cc1cn(C)c2c(Cl)cccc12)C(=O)/C=C/c1ccc(NCC(=O)O)nc1. The number of anilines is 1. The first-order valence-corrected chi connectivity index (χ1v) is 9.30. The molecular formula is C21H21ClN4O3. The van der Waals surface area contributed by atoms with Gasteiger partial charge in [-0.25, -0.2) is 4.98 Å². The maximum absolute atomic E-state index is 12.5. The summed E-state index contributed by atoms with van der Waals surface area (Å²) in [5.74, 6) is -0.641. The lowest BCUT2D eigenvalue weighted by atomic mass is 10.1. The number of hydrogen-bond acceptors (Lipinski definition) is 4. The second-order valence-electron chi connectivity index (χ2n) is 6.65. The minimum atomic E-state index is -0.960. The molecule has 0 aliphatic rings. The van der Waals surface area contributed by atoms with E-state index in [1.165, 1.54) is 6.08 Å². The van der Waals surface area contributed by atoms with Crippen LogP contribution in [0.5, 0.6) is 0 Å². The summed E-state index contributed by atoms with van der Waals surface area (Å²) in [6.07, 6.45) is 6.71. The van der Waals surface area contributed by atoms with Gasteiger partial charge in [0, 0.05) is 44.5 Å². The minimum Gasteiger partial charge on any atom is -0.480 e. The highest BCUT2D eigenvalue weighted by Crippen LogP contribution is 2.28. The molecule has 3 rings (SSSR count). The highest BCUT2D eigenvalue weighted by molar-refractivity contribution is 6.35. The maximum atomic E-state index is 12.5. The summed E-state index contributed by atoms with van der Waals surface area (Å²) >= 11 is 6.29. The average molecular weight is 413 g/mol. The third-order valence-corrected chi connectivity index (χ3v) is 4.75. The van der Waals surface area contributed by atoms with Gasteiger partial charge in [-0.1, -0.05) is 23.7 Å². The lowest BCUT2D eigenvalue weighted by Gasteiger charge is -2.14. The topological polar surface area (TPSA) is 87.5 Å². The van der Waals surface area contributed by atoms with Crippen molar-refractivity contribution in [1.29, 1.82) is 0 Å². The second-order valence-corrected chi connectivity index (χ2v) is 7.06. The molecule has 0 aliphatic heterocycles. The first kappa shape index (κ1) is 20.4. The van der Waals surface area contributed by atoms with Crippen LogP contribution in [0, 0.1) is 0 Å². The van der Waals surface area contributed by atoms with Crippen molar-refractivity contribution >= 4 is 46.3 Å². The zero-order valence-corrected chi connectivity index (χ0v) is 16.8. The van der Waals surface area contributed by atoms with E-state index in [2.05, 4.69) is 10.3 Å². The van der Waals surface area contributed by atoms with Crippen molar-refractivity contribution in [2.75, 3.05) is 18.9 Å². The summed E-state index contributed by atoms with van der Waals surface area (Å²) in [4.78, 5) is 28.8. The molecule has 0 bridgehead atoms. The molecule has 0 saturated heterocycles. The van der Waals surface area contributed by atoms with Crippen molar-refractivity contribution in [3.8, 4) is 0 Å². The van der Waals surface area contributed by atoms with Gasteiger partial charge in [-0.2, -0.15) is 0 Å². The van der Waals surface area contributed by atoms with E-state index in [-0.39, 0.29) is 12.5 Å². The second kappa shape index (κ2) is 8.79. The molecule has 2 N–H and O–H groups in total. The number of fused-ring (bicyclic) bond motifs is 1. The van der Waals surface area contributed by atoms with Crippen molar-refractivity contribution in [3.05, 3.63) is 65.0 Å². The zero-order valence-electron chi connectivity index (χ0n) is 16.1. The Bertz CT molecular complexity index is 1070. The van der Waals surface area contributed by atoms with E-state index in [0.29, 0.717) is 17.4 Å². The Balaban J connectivity index is 1.65. The third kappa shape index (κ3) is 4.94. The molecule has 2 heterocycles. The molecule has 0 saturated carbocycles. The molecule has 0 aliphatic carbocycles. The van der Waals surface area contributed by atoms with Gasteiger partial charge in [-0.15, -0.1) is 0 Å². The number of rotatable bonds is 7. The highest BCUT2D eigenvalue weighted by atomic mass is 35.5. The number of aliphatic carboxylic acids is 1. The molecule has 29 heavy (non-hydrogen) atoms. The number of nitrogens with one attached hydrogen (secondary N) is 1. The standard InChI is InChI=1S/C21H21ClN4O3/c1-25(12-15-13-26(2)21-16(15)4-3-5-17(21)22)19(27)9-7-14-6-8-18(23-10-14)24-11-20(28)29/h3-10,13H,11-12H2,1-2H3,(H,23,24)(H,28,29)/b9-7+. The number of carbonyl (C=O) groups is 2. The summed E-state index contributed by atoms with van der Waals surface area (Å²) in [5.41, 5.74) is 2.71. The number of nitrogens with zero attached hydrogens (tertiary/aromatic N) is 3. The maximum Gasteiger partial charge on any atom is 0.322 e. The molecule has 0 radical (unpaired) electrons. The van der Waals surface area contributed by atoms with E-state index in [1.807, 2.05) is 36.0 Å². The fourth-order valence-corrected chi connectivity index (χ4v) is 3.34. The van der Waals surface area contributed by atoms with Crippen molar-refractivity contribution in [3.63, 3.8) is 0 Å². The monoisotopic (exact) mass is 412 g/mol.